The van der Waals surface area contributed by atoms with Crippen LogP contribution >= 0.6 is 0 Å². The summed E-state index contributed by atoms with van der Waals surface area (Å²) in [6, 6.07) is 8.21. The van der Waals surface area contributed by atoms with Crippen molar-refractivity contribution in [1.82, 2.24) is 0 Å². The highest BCUT2D eigenvalue weighted by molar-refractivity contribution is 6.29. The van der Waals surface area contributed by atoms with Crippen molar-refractivity contribution in [2.45, 2.75) is 65.7 Å². The normalized spacial score (nSPS) is 16.0. The largest absolute Gasteiger partial charge is 0.284 e. The van der Waals surface area contributed by atoms with Crippen LogP contribution in [0.15, 0.2) is 58.2 Å². The number of hydrogen-bond donors (Lipinski definition) is 0. The van der Waals surface area contributed by atoms with Crippen LogP contribution in [0.3, 0.4) is 0 Å². The second kappa shape index (κ2) is 9.37. The van der Waals surface area contributed by atoms with Crippen molar-refractivity contribution in [2.75, 3.05) is 0 Å². The molecule has 2 aliphatic rings. The van der Waals surface area contributed by atoms with E-state index in [1.165, 1.54) is 12.1 Å². The highest BCUT2D eigenvalue weighted by Crippen LogP contribution is 2.48. The van der Waals surface area contributed by atoms with Gasteiger partial charge in [0, 0.05) is 23.3 Å². The number of hydrogen-bond acceptors (Lipinski definition) is 7. The van der Waals surface area contributed by atoms with Crippen LogP contribution in [-0.2, 0) is 10.8 Å². The number of benzene rings is 2. The molecule has 0 amide bonds. The van der Waals surface area contributed by atoms with Gasteiger partial charge in [-0.25, -0.2) is 4.99 Å². The minimum Gasteiger partial charge on any atom is -0.258 e. The second-order valence-electron chi connectivity index (χ2n) is 11.7. The zero-order valence-corrected chi connectivity index (χ0v) is 23.0. The third-order valence-corrected chi connectivity index (χ3v) is 6.99. The van der Waals surface area contributed by atoms with Gasteiger partial charge in [0.1, 0.15) is 0 Å². The van der Waals surface area contributed by atoms with Crippen LogP contribution in [0.2, 0.25) is 0 Å². The molecule has 0 aromatic heterocycles. The van der Waals surface area contributed by atoms with Crippen molar-refractivity contribution in [3.8, 4) is 0 Å². The molecule has 2 aromatic carbocycles. The summed E-state index contributed by atoms with van der Waals surface area (Å²) >= 11 is 0. The molecule has 0 saturated heterocycles. The molecule has 10 nitrogen and oxygen atoms in total. The van der Waals surface area contributed by atoms with Crippen molar-refractivity contribution in [1.29, 1.82) is 0 Å². The maximum absolute atomic E-state index is 12.2. The van der Waals surface area contributed by atoms with Gasteiger partial charge in [-0.1, -0.05) is 60.6 Å². The summed E-state index contributed by atoms with van der Waals surface area (Å²) in [6.07, 6.45) is 3.22. The van der Waals surface area contributed by atoms with Gasteiger partial charge in [-0.15, -0.1) is 0 Å². The van der Waals surface area contributed by atoms with Gasteiger partial charge in [0.05, 0.1) is 43.4 Å². The number of aliphatic imine (C=N–C) groups is 1. The lowest BCUT2D eigenvalue weighted by molar-refractivity contribution is -0.419. The fourth-order valence-electron chi connectivity index (χ4n) is 5.00. The van der Waals surface area contributed by atoms with Crippen molar-refractivity contribution in [3.63, 3.8) is 0 Å². The number of rotatable bonds is 5. The molecule has 0 heterocycles. The Labute approximate surface area is 225 Å². The Morgan fingerprint density at radius 2 is 1.46 bits per heavy atom. The Morgan fingerprint density at radius 3 is 1.97 bits per heavy atom. The summed E-state index contributed by atoms with van der Waals surface area (Å²) in [6.45, 7) is 14.2. The third-order valence-electron chi connectivity index (χ3n) is 6.99. The fraction of sp³-hybridized carbons (Fsp3) is 0.345. The predicted octanol–water partition coefficient (Wildman–Crippen LogP) is 7.61. The Balaban J connectivity index is 2.09. The van der Waals surface area contributed by atoms with E-state index in [-0.39, 0.29) is 33.2 Å². The van der Waals surface area contributed by atoms with Crippen molar-refractivity contribution in [2.24, 2.45) is 4.99 Å². The van der Waals surface area contributed by atoms with Crippen LogP contribution in [0, 0.1) is 30.3 Å². The summed E-state index contributed by atoms with van der Waals surface area (Å²) in [4.78, 5) is 38.8. The van der Waals surface area contributed by atoms with E-state index in [9.17, 15) is 30.3 Å². The molecule has 2 aliphatic carbocycles. The molecule has 202 valence electrons. The van der Waals surface area contributed by atoms with Gasteiger partial charge < -0.3 is 0 Å². The number of non-ortho nitro benzene ring substituents is 1. The van der Waals surface area contributed by atoms with Gasteiger partial charge in [0.15, 0.2) is 0 Å². The molecule has 4 rings (SSSR count). The summed E-state index contributed by atoms with van der Waals surface area (Å²) in [7, 11) is 0. The van der Waals surface area contributed by atoms with Crippen molar-refractivity contribution < 1.29 is 14.8 Å². The number of nitro benzene ring substituents is 2. The van der Waals surface area contributed by atoms with Crippen LogP contribution in [-0.4, -0.2) is 20.5 Å². The summed E-state index contributed by atoms with van der Waals surface area (Å²) in [5.74, 6) is 0. The summed E-state index contributed by atoms with van der Waals surface area (Å²) < 4.78 is 0. The number of nitro groups is 3. The van der Waals surface area contributed by atoms with E-state index < -0.39 is 26.1 Å². The quantitative estimate of drug-likeness (QED) is 0.288. The molecule has 10 heteroatoms. The molecular formula is C29H30N4O6. The highest BCUT2D eigenvalue weighted by atomic mass is 16.6. The van der Waals surface area contributed by atoms with E-state index >= 15 is 0 Å². The first-order valence-electron chi connectivity index (χ1n) is 12.6. The first-order chi connectivity index (χ1) is 18.0. The van der Waals surface area contributed by atoms with E-state index in [1.54, 1.807) is 13.0 Å². The molecule has 0 spiro atoms. The second-order valence-corrected chi connectivity index (χ2v) is 11.7. The van der Waals surface area contributed by atoms with E-state index in [2.05, 4.69) is 47.6 Å². The van der Waals surface area contributed by atoms with Crippen molar-refractivity contribution >= 4 is 34.4 Å². The van der Waals surface area contributed by atoms with Gasteiger partial charge in [-0.2, -0.15) is 0 Å². The molecule has 0 atom stereocenters. The standard InChI is InChI=1S/C29H30N4O6/c1-8-19-24(32(36)37)15-20-21(12-16-11-18(31(34)35)14-25(26(16)20)33(38)39)27(19)30-23-13-17(28(2,3)4)9-10-22(23)29(5,6)7/h9-15H,8H2,1-7H3. The topological polar surface area (TPSA) is 142 Å². The van der Waals surface area contributed by atoms with Gasteiger partial charge in [-0.05, 0) is 46.1 Å². The van der Waals surface area contributed by atoms with Gasteiger partial charge in [-0.3, -0.25) is 30.3 Å². The van der Waals surface area contributed by atoms with Gasteiger partial charge in [0.2, 0.25) is 0 Å². The molecular weight excluding hydrogens is 500 g/mol. The van der Waals surface area contributed by atoms with Crippen molar-refractivity contribution in [3.05, 3.63) is 106 Å². The van der Waals surface area contributed by atoms with Crippen LogP contribution < -0.4 is 0 Å². The van der Waals surface area contributed by atoms with Crippen LogP contribution in [0.25, 0.3) is 11.6 Å². The first kappa shape index (κ1) is 27.6. The average molecular weight is 531 g/mol. The number of nitrogens with zero attached hydrogens (tertiary/aromatic N) is 4. The molecule has 39 heavy (non-hydrogen) atoms. The zero-order valence-electron chi connectivity index (χ0n) is 23.0. The minimum absolute atomic E-state index is 0.113. The van der Waals surface area contributed by atoms with Crippen LogP contribution in [0.1, 0.15) is 77.1 Å². The molecule has 0 radical (unpaired) electrons. The lowest BCUT2D eigenvalue weighted by Crippen LogP contribution is -2.18. The fourth-order valence-corrected chi connectivity index (χ4v) is 5.00. The monoisotopic (exact) mass is 530 g/mol. The molecule has 2 aromatic rings. The van der Waals surface area contributed by atoms with Crippen LogP contribution in [0.5, 0.6) is 0 Å². The smallest absolute Gasteiger partial charge is 0.258 e. The molecule has 0 bridgehead atoms. The van der Waals surface area contributed by atoms with Crippen LogP contribution in [0.4, 0.5) is 17.1 Å². The molecule has 0 saturated carbocycles. The molecule has 0 unspecified atom stereocenters. The van der Waals surface area contributed by atoms with Gasteiger partial charge >= 0.3 is 0 Å². The lowest BCUT2D eigenvalue weighted by atomic mass is 9.81. The number of allylic oxidation sites excluding steroid dienone is 4. The maximum atomic E-state index is 12.2. The Hall–Kier alpha value is -4.47. The molecule has 0 N–H and O–H groups in total. The third kappa shape index (κ3) is 4.89. The minimum atomic E-state index is -0.699. The molecule has 0 fully saturated rings. The Kier molecular flexibility index (Phi) is 6.62. The molecule has 0 aliphatic heterocycles. The SMILES string of the molecule is CCC1=C([N+](=O)[O-])C=C2C(=Cc3cc([N+](=O)[O-])cc([N+](=O)[O-])c32)C1=Nc1cc(C(C)(C)C)ccc1C(C)(C)C. The lowest BCUT2D eigenvalue weighted by Gasteiger charge is -2.26. The zero-order chi connectivity index (χ0) is 29.0. The van der Waals surface area contributed by atoms with E-state index in [0.717, 1.165) is 17.2 Å². The summed E-state index contributed by atoms with van der Waals surface area (Å²) in [5.41, 5.74) is 2.87. The average Bonchev–Trinajstić information content (AvgIpc) is 3.20. The Morgan fingerprint density at radius 1 is 0.795 bits per heavy atom. The van der Waals surface area contributed by atoms with E-state index in [0.29, 0.717) is 29.0 Å². The highest BCUT2D eigenvalue weighted by Gasteiger charge is 2.39. The van der Waals surface area contributed by atoms with E-state index in [1.807, 2.05) is 12.1 Å². The Bertz CT molecular complexity index is 1580. The maximum Gasteiger partial charge on any atom is 0.284 e. The number of fused-ring (bicyclic) bond motifs is 3. The van der Waals surface area contributed by atoms with Gasteiger partial charge in [0.25, 0.3) is 17.1 Å². The van der Waals surface area contributed by atoms with E-state index in [4.69, 9.17) is 4.99 Å². The summed E-state index contributed by atoms with van der Waals surface area (Å²) in [5, 5.41) is 35.7. The predicted molar refractivity (Wildman–Crippen MR) is 151 cm³/mol. The first-order valence-corrected chi connectivity index (χ1v) is 12.6.